The highest BCUT2D eigenvalue weighted by Crippen LogP contribution is 2.16. The molecule has 1 aromatic rings. The first-order valence-corrected chi connectivity index (χ1v) is 7.98. The second-order valence-electron chi connectivity index (χ2n) is 5.78. The minimum atomic E-state index is -0.564. The lowest BCUT2D eigenvalue weighted by Crippen LogP contribution is -2.41. The molecule has 0 saturated carbocycles. The van der Waals surface area contributed by atoms with Crippen molar-refractivity contribution in [1.29, 1.82) is 0 Å². The highest BCUT2D eigenvalue weighted by Gasteiger charge is 2.21. The Balaban J connectivity index is 2.55. The summed E-state index contributed by atoms with van der Waals surface area (Å²) in [7, 11) is 0. The van der Waals surface area contributed by atoms with Crippen molar-refractivity contribution in [2.24, 2.45) is 0 Å². The highest BCUT2D eigenvalue weighted by molar-refractivity contribution is 6.34. The van der Waals surface area contributed by atoms with Crippen LogP contribution in [0.3, 0.4) is 0 Å². The van der Waals surface area contributed by atoms with Gasteiger partial charge in [0.15, 0.2) is 0 Å². The number of hydrogen-bond acceptors (Lipinski definition) is 4. The predicted octanol–water partition coefficient (Wildman–Crippen LogP) is 3.38. The molecule has 1 rings (SSSR count). The van der Waals surface area contributed by atoms with Crippen molar-refractivity contribution in [3.63, 3.8) is 0 Å². The summed E-state index contributed by atoms with van der Waals surface area (Å²) in [5.41, 5.74) is -0.508. The van der Waals surface area contributed by atoms with Gasteiger partial charge in [-0.3, -0.25) is 4.79 Å². The molecule has 0 aliphatic heterocycles. The van der Waals surface area contributed by atoms with Gasteiger partial charge < -0.3 is 15.0 Å². The van der Waals surface area contributed by atoms with Gasteiger partial charge in [-0.1, -0.05) is 23.2 Å². The zero-order valence-electron chi connectivity index (χ0n) is 13.7. The summed E-state index contributed by atoms with van der Waals surface area (Å²) < 4.78 is 5.29. The van der Waals surface area contributed by atoms with Gasteiger partial charge in [-0.15, -0.1) is 0 Å². The van der Waals surface area contributed by atoms with Crippen LogP contribution in [-0.4, -0.2) is 47.1 Å². The molecule has 1 aromatic heterocycles. The number of carbonyl (C=O) groups excluding carboxylic acids is 2. The number of nitrogens with one attached hydrogen (secondary N) is 1. The number of nitrogens with zero attached hydrogens (tertiary/aromatic N) is 2. The van der Waals surface area contributed by atoms with E-state index in [0.717, 1.165) is 0 Å². The Bertz CT molecular complexity index is 574. The van der Waals surface area contributed by atoms with Crippen LogP contribution in [0.1, 0.15) is 38.2 Å². The maximum Gasteiger partial charge on any atom is 0.410 e. The lowest BCUT2D eigenvalue weighted by Gasteiger charge is -2.26. The van der Waals surface area contributed by atoms with E-state index >= 15 is 0 Å². The van der Waals surface area contributed by atoms with Crippen LogP contribution in [0.15, 0.2) is 12.1 Å². The molecule has 0 bridgehead atoms. The zero-order valence-corrected chi connectivity index (χ0v) is 15.2. The summed E-state index contributed by atoms with van der Waals surface area (Å²) in [6.07, 6.45) is -0.423. The lowest BCUT2D eigenvalue weighted by atomic mass is 10.2. The van der Waals surface area contributed by atoms with Crippen molar-refractivity contribution in [1.82, 2.24) is 15.2 Å². The third-order valence-electron chi connectivity index (χ3n) is 2.73. The minimum absolute atomic E-state index is 0.0551. The number of halogens is 2. The van der Waals surface area contributed by atoms with Crippen LogP contribution in [0.4, 0.5) is 4.79 Å². The molecule has 0 unspecified atom stereocenters. The number of likely N-dealkylation sites (N-methyl/N-ethyl adjacent to an activating group) is 1. The van der Waals surface area contributed by atoms with E-state index in [1.165, 1.54) is 17.0 Å². The maximum atomic E-state index is 12.0. The Labute approximate surface area is 146 Å². The van der Waals surface area contributed by atoms with E-state index in [1.54, 1.807) is 20.8 Å². The summed E-state index contributed by atoms with van der Waals surface area (Å²) in [6.45, 7) is 8.27. The van der Waals surface area contributed by atoms with Crippen molar-refractivity contribution in [2.45, 2.75) is 33.3 Å². The van der Waals surface area contributed by atoms with Crippen LogP contribution < -0.4 is 5.32 Å². The predicted molar refractivity (Wildman–Crippen MR) is 90.1 cm³/mol. The molecule has 0 spiro atoms. The van der Waals surface area contributed by atoms with E-state index in [-0.39, 0.29) is 22.4 Å². The van der Waals surface area contributed by atoms with Crippen LogP contribution in [0.5, 0.6) is 0 Å². The fourth-order valence-electron chi connectivity index (χ4n) is 1.67. The van der Waals surface area contributed by atoms with E-state index < -0.39 is 17.6 Å². The van der Waals surface area contributed by atoms with Gasteiger partial charge >= 0.3 is 6.09 Å². The molecule has 0 aliphatic carbocycles. The molecule has 6 nitrogen and oxygen atoms in total. The number of carbonyl (C=O) groups is 2. The quantitative estimate of drug-likeness (QED) is 0.816. The molecule has 0 aliphatic rings. The SMILES string of the molecule is CCN(CCNC(=O)c1nc(Cl)ccc1Cl)C(=O)OC(C)(C)C. The molecule has 8 heteroatoms. The van der Waals surface area contributed by atoms with Crippen LogP contribution in [0.25, 0.3) is 0 Å². The first kappa shape index (κ1) is 19.5. The molecular weight excluding hydrogens is 341 g/mol. The molecule has 0 radical (unpaired) electrons. The molecule has 0 aromatic carbocycles. The first-order chi connectivity index (χ1) is 10.6. The molecular formula is C15H21Cl2N3O3. The van der Waals surface area contributed by atoms with Gasteiger partial charge in [-0.05, 0) is 39.8 Å². The standard InChI is InChI=1S/C15H21Cl2N3O3/c1-5-20(14(22)23-15(2,3)4)9-8-18-13(21)12-10(16)6-7-11(17)19-12/h6-7H,5,8-9H2,1-4H3,(H,18,21). The largest absolute Gasteiger partial charge is 0.444 e. The lowest BCUT2D eigenvalue weighted by molar-refractivity contribution is 0.0261. The van der Waals surface area contributed by atoms with Crippen LogP contribution >= 0.6 is 23.2 Å². The number of pyridine rings is 1. The second kappa shape index (κ2) is 8.36. The average Bonchev–Trinajstić information content (AvgIpc) is 2.44. The van der Waals surface area contributed by atoms with E-state index in [1.807, 2.05) is 6.92 Å². The third kappa shape index (κ3) is 6.62. The van der Waals surface area contributed by atoms with Gasteiger partial charge in [0.2, 0.25) is 0 Å². The van der Waals surface area contributed by atoms with Crippen molar-refractivity contribution in [2.75, 3.05) is 19.6 Å². The average molecular weight is 362 g/mol. The Hall–Kier alpha value is -1.53. The monoisotopic (exact) mass is 361 g/mol. The number of rotatable bonds is 5. The Kier molecular flexibility index (Phi) is 7.09. The molecule has 1 heterocycles. The van der Waals surface area contributed by atoms with Crippen LogP contribution in [0.2, 0.25) is 10.2 Å². The molecule has 2 amide bonds. The first-order valence-electron chi connectivity index (χ1n) is 7.22. The summed E-state index contributed by atoms with van der Waals surface area (Å²) >= 11 is 11.7. The van der Waals surface area contributed by atoms with E-state index in [4.69, 9.17) is 27.9 Å². The van der Waals surface area contributed by atoms with Gasteiger partial charge in [0.05, 0.1) is 5.02 Å². The number of ether oxygens (including phenoxy) is 1. The summed E-state index contributed by atoms with van der Waals surface area (Å²) in [4.78, 5) is 29.4. The molecule has 128 valence electrons. The van der Waals surface area contributed by atoms with Gasteiger partial charge in [0.1, 0.15) is 16.4 Å². The summed E-state index contributed by atoms with van der Waals surface area (Å²) in [6, 6.07) is 3.01. The molecule has 23 heavy (non-hydrogen) atoms. The summed E-state index contributed by atoms with van der Waals surface area (Å²) in [5, 5.41) is 3.05. The van der Waals surface area contributed by atoms with E-state index in [9.17, 15) is 9.59 Å². The molecule has 0 fully saturated rings. The third-order valence-corrected chi connectivity index (χ3v) is 3.24. The van der Waals surface area contributed by atoms with Crippen molar-refractivity contribution in [3.05, 3.63) is 28.0 Å². The topological polar surface area (TPSA) is 71.5 Å². The number of aromatic nitrogens is 1. The summed E-state index contributed by atoms with van der Waals surface area (Å²) in [5.74, 6) is -0.447. The molecule has 0 saturated heterocycles. The number of amides is 2. The second-order valence-corrected chi connectivity index (χ2v) is 6.57. The van der Waals surface area contributed by atoms with Gasteiger partial charge in [0.25, 0.3) is 5.91 Å². The van der Waals surface area contributed by atoms with Crippen LogP contribution in [-0.2, 0) is 4.74 Å². The van der Waals surface area contributed by atoms with Gasteiger partial charge in [0, 0.05) is 19.6 Å². The van der Waals surface area contributed by atoms with Crippen molar-refractivity contribution in [3.8, 4) is 0 Å². The highest BCUT2D eigenvalue weighted by atomic mass is 35.5. The Morgan fingerprint density at radius 1 is 1.30 bits per heavy atom. The fourth-order valence-corrected chi connectivity index (χ4v) is 2.01. The number of hydrogen-bond donors (Lipinski definition) is 1. The van der Waals surface area contributed by atoms with Gasteiger partial charge in [-0.25, -0.2) is 9.78 Å². The van der Waals surface area contributed by atoms with Gasteiger partial charge in [-0.2, -0.15) is 0 Å². The minimum Gasteiger partial charge on any atom is -0.444 e. The molecule has 0 atom stereocenters. The Morgan fingerprint density at radius 3 is 2.52 bits per heavy atom. The van der Waals surface area contributed by atoms with Crippen molar-refractivity contribution < 1.29 is 14.3 Å². The van der Waals surface area contributed by atoms with E-state index in [2.05, 4.69) is 10.3 Å². The van der Waals surface area contributed by atoms with E-state index in [0.29, 0.717) is 13.1 Å². The Morgan fingerprint density at radius 2 is 1.96 bits per heavy atom. The zero-order chi connectivity index (χ0) is 17.6. The normalized spacial score (nSPS) is 11.0. The fraction of sp³-hybridized carbons (Fsp3) is 0.533. The maximum absolute atomic E-state index is 12.0. The smallest absolute Gasteiger partial charge is 0.410 e. The van der Waals surface area contributed by atoms with Crippen LogP contribution in [0, 0.1) is 0 Å². The molecule has 1 N–H and O–H groups in total. The van der Waals surface area contributed by atoms with Crippen molar-refractivity contribution >= 4 is 35.2 Å².